The maximum atomic E-state index is 13.5. The number of esters is 3. The SMILES string of the molecule is O=C(COC(=O)C(F)(F)C(F)(F)C(F)(F)C(=O)O)Oc1ccccc1C(=O)OC1CCCCC1. The Hall–Kier alpha value is -3.32. The average molecular weight is 500 g/mol. The predicted molar refractivity (Wildman–Crippen MR) is 97.8 cm³/mol. The first kappa shape index (κ1) is 26.9. The number of carboxylic acid groups (broad SMARTS) is 1. The van der Waals surface area contributed by atoms with Gasteiger partial charge in [-0.15, -0.1) is 0 Å². The predicted octanol–water partition coefficient (Wildman–Crippen LogP) is 3.62. The molecule has 0 unspecified atom stereocenters. The van der Waals surface area contributed by atoms with Gasteiger partial charge in [0, 0.05) is 0 Å². The number of aliphatic carboxylic acids is 1. The first-order chi connectivity index (χ1) is 15.7. The molecule has 0 heterocycles. The minimum absolute atomic E-state index is 0.245. The van der Waals surface area contributed by atoms with Crippen LogP contribution in [0, 0.1) is 0 Å². The van der Waals surface area contributed by atoms with Crippen LogP contribution in [0.1, 0.15) is 42.5 Å². The number of carbonyl (C=O) groups is 4. The topological polar surface area (TPSA) is 116 Å². The zero-order chi connectivity index (χ0) is 25.7. The smallest absolute Gasteiger partial charge is 0.411 e. The van der Waals surface area contributed by atoms with Gasteiger partial charge in [0.25, 0.3) is 0 Å². The average Bonchev–Trinajstić information content (AvgIpc) is 2.78. The molecule has 1 aliphatic carbocycles. The molecule has 0 amide bonds. The molecule has 1 aliphatic rings. The van der Waals surface area contributed by atoms with Crippen LogP contribution in [-0.4, -0.2) is 59.5 Å². The van der Waals surface area contributed by atoms with E-state index in [0.717, 1.165) is 25.3 Å². The molecule has 2 rings (SSSR count). The van der Waals surface area contributed by atoms with Crippen molar-refractivity contribution in [1.29, 1.82) is 0 Å². The van der Waals surface area contributed by atoms with E-state index in [9.17, 15) is 45.5 Å². The monoisotopic (exact) mass is 500 g/mol. The van der Waals surface area contributed by atoms with Crippen molar-refractivity contribution in [1.82, 2.24) is 0 Å². The molecule has 8 nitrogen and oxygen atoms in total. The third-order valence-electron chi connectivity index (χ3n) is 4.79. The fraction of sp³-hybridized carbons (Fsp3) is 0.500. The van der Waals surface area contributed by atoms with E-state index in [2.05, 4.69) is 4.74 Å². The van der Waals surface area contributed by atoms with Crippen molar-refractivity contribution < 1.29 is 64.8 Å². The van der Waals surface area contributed by atoms with E-state index in [4.69, 9.17) is 14.6 Å². The minimum atomic E-state index is -6.68. The zero-order valence-corrected chi connectivity index (χ0v) is 17.2. The second-order valence-electron chi connectivity index (χ2n) is 7.24. The summed E-state index contributed by atoms with van der Waals surface area (Å²) in [6.07, 6.45) is 3.58. The highest BCUT2D eigenvalue weighted by Gasteiger charge is 2.79. The summed E-state index contributed by atoms with van der Waals surface area (Å²) in [5, 5.41) is 8.05. The molecule has 188 valence electrons. The number of carboxylic acids is 1. The molecule has 1 saturated carbocycles. The van der Waals surface area contributed by atoms with E-state index >= 15 is 0 Å². The van der Waals surface area contributed by atoms with Crippen LogP contribution in [-0.2, 0) is 23.9 Å². The number of carbonyl (C=O) groups excluding carboxylic acids is 3. The number of hydrogen-bond acceptors (Lipinski definition) is 7. The zero-order valence-electron chi connectivity index (χ0n) is 17.2. The molecule has 1 aromatic carbocycles. The van der Waals surface area contributed by atoms with Crippen LogP contribution in [0.25, 0.3) is 0 Å². The van der Waals surface area contributed by atoms with Crippen molar-refractivity contribution in [3.05, 3.63) is 29.8 Å². The number of hydrogen-bond donors (Lipinski definition) is 1. The molecular formula is C20H18F6O8. The summed E-state index contributed by atoms with van der Waals surface area (Å²) in [7, 11) is 0. The lowest BCUT2D eigenvalue weighted by Gasteiger charge is -2.28. The quantitative estimate of drug-likeness (QED) is 0.311. The van der Waals surface area contributed by atoms with Crippen LogP contribution in [0.4, 0.5) is 26.3 Å². The minimum Gasteiger partial charge on any atom is -0.477 e. The van der Waals surface area contributed by atoms with E-state index in [1.54, 1.807) is 0 Å². The van der Waals surface area contributed by atoms with Crippen LogP contribution in [0.2, 0.25) is 0 Å². The van der Waals surface area contributed by atoms with Crippen LogP contribution in [0.3, 0.4) is 0 Å². The van der Waals surface area contributed by atoms with E-state index < -0.39 is 54.0 Å². The number of benzene rings is 1. The first-order valence-corrected chi connectivity index (χ1v) is 9.76. The van der Waals surface area contributed by atoms with Gasteiger partial charge in [-0.3, -0.25) is 0 Å². The molecule has 1 N–H and O–H groups in total. The lowest BCUT2D eigenvalue weighted by molar-refractivity contribution is -0.299. The molecule has 0 spiro atoms. The number of para-hydroxylation sites is 1. The third kappa shape index (κ3) is 5.59. The van der Waals surface area contributed by atoms with Crippen LogP contribution < -0.4 is 4.74 Å². The van der Waals surface area contributed by atoms with Crippen molar-refractivity contribution in [2.75, 3.05) is 6.61 Å². The largest absolute Gasteiger partial charge is 0.477 e. The summed E-state index contributed by atoms with van der Waals surface area (Å²) in [5.74, 6) is -29.1. The molecule has 0 aliphatic heterocycles. The second-order valence-corrected chi connectivity index (χ2v) is 7.24. The highest BCUT2D eigenvalue weighted by molar-refractivity contribution is 5.94. The Morgan fingerprint density at radius 2 is 1.50 bits per heavy atom. The molecule has 0 bridgehead atoms. The van der Waals surface area contributed by atoms with E-state index in [1.165, 1.54) is 18.2 Å². The summed E-state index contributed by atoms with van der Waals surface area (Å²) in [6.45, 7) is -1.74. The standard InChI is InChI=1S/C20H18F6O8/c21-18(22,16(29)30)20(25,26)19(23,24)17(31)32-10-14(27)34-13-9-5-4-8-12(13)15(28)33-11-6-2-1-3-7-11/h4-5,8-9,11H,1-3,6-7,10H2,(H,29,30). The number of ether oxygens (including phenoxy) is 3. The number of halogens is 6. The summed E-state index contributed by atoms with van der Waals surface area (Å²) in [4.78, 5) is 45.7. The fourth-order valence-corrected chi connectivity index (χ4v) is 2.95. The Balaban J connectivity index is 2.03. The van der Waals surface area contributed by atoms with Gasteiger partial charge in [-0.05, 0) is 37.8 Å². The Bertz CT molecular complexity index is 943. The normalized spacial score (nSPS) is 15.4. The van der Waals surface area contributed by atoms with Gasteiger partial charge in [-0.1, -0.05) is 18.6 Å². The van der Waals surface area contributed by atoms with Gasteiger partial charge in [-0.25, -0.2) is 19.2 Å². The maximum Gasteiger partial charge on any atom is 0.411 e. The van der Waals surface area contributed by atoms with Crippen molar-refractivity contribution in [3.63, 3.8) is 0 Å². The van der Waals surface area contributed by atoms with Crippen LogP contribution in [0.5, 0.6) is 5.75 Å². The van der Waals surface area contributed by atoms with Crippen LogP contribution >= 0.6 is 0 Å². The maximum absolute atomic E-state index is 13.5. The Morgan fingerprint density at radius 3 is 2.09 bits per heavy atom. The van der Waals surface area contributed by atoms with Crippen molar-refractivity contribution in [2.24, 2.45) is 0 Å². The van der Waals surface area contributed by atoms with Gasteiger partial charge in [0.05, 0.1) is 0 Å². The van der Waals surface area contributed by atoms with E-state index in [-0.39, 0.29) is 11.7 Å². The molecule has 14 heteroatoms. The number of rotatable bonds is 9. The Morgan fingerprint density at radius 1 is 0.912 bits per heavy atom. The first-order valence-electron chi connectivity index (χ1n) is 9.76. The van der Waals surface area contributed by atoms with Crippen molar-refractivity contribution in [3.8, 4) is 5.75 Å². The highest BCUT2D eigenvalue weighted by Crippen LogP contribution is 2.46. The van der Waals surface area contributed by atoms with Crippen molar-refractivity contribution >= 4 is 23.9 Å². The molecule has 34 heavy (non-hydrogen) atoms. The van der Waals surface area contributed by atoms with Gasteiger partial charge in [0.15, 0.2) is 6.61 Å². The lowest BCUT2D eigenvalue weighted by Crippen LogP contribution is -2.61. The Kier molecular flexibility index (Phi) is 8.16. The van der Waals surface area contributed by atoms with Gasteiger partial charge < -0.3 is 19.3 Å². The second kappa shape index (κ2) is 10.3. The molecule has 0 saturated heterocycles. The Labute approximate surface area is 187 Å². The van der Waals surface area contributed by atoms with Gasteiger partial charge in [0.2, 0.25) is 0 Å². The van der Waals surface area contributed by atoms with Gasteiger partial charge >= 0.3 is 41.6 Å². The van der Waals surface area contributed by atoms with Crippen molar-refractivity contribution in [2.45, 2.75) is 56.0 Å². The van der Waals surface area contributed by atoms with Crippen LogP contribution in [0.15, 0.2) is 24.3 Å². The van der Waals surface area contributed by atoms with E-state index in [1.807, 2.05) is 0 Å². The molecule has 1 aromatic rings. The third-order valence-corrected chi connectivity index (χ3v) is 4.79. The summed E-state index contributed by atoms with van der Waals surface area (Å²) < 4.78 is 93.4. The lowest BCUT2D eigenvalue weighted by atomic mass is 9.98. The summed E-state index contributed by atoms with van der Waals surface area (Å²) in [5.41, 5.74) is -0.245. The molecule has 1 fully saturated rings. The van der Waals surface area contributed by atoms with Gasteiger partial charge in [0.1, 0.15) is 17.4 Å². The molecule has 0 atom stereocenters. The van der Waals surface area contributed by atoms with Gasteiger partial charge in [-0.2, -0.15) is 26.3 Å². The highest BCUT2D eigenvalue weighted by atomic mass is 19.3. The molecule has 0 radical (unpaired) electrons. The summed E-state index contributed by atoms with van der Waals surface area (Å²) in [6, 6.07) is 5.02. The molecule has 0 aromatic heterocycles. The molecular weight excluding hydrogens is 482 g/mol. The fourth-order valence-electron chi connectivity index (χ4n) is 2.95. The van der Waals surface area contributed by atoms with E-state index in [0.29, 0.717) is 12.8 Å². The number of alkyl halides is 6. The summed E-state index contributed by atoms with van der Waals surface area (Å²) >= 11 is 0.